The van der Waals surface area contributed by atoms with Crippen molar-refractivity contribution < 1.29 is 0 Å². The van der Waals surface area contributed by atoms with Crippen molar-refractivity contribution in [2.24, 2.45) is 0 Å². The fraction of sp³-hybridized carbons (Fsp3) is 0. The first-order chi connectivity index (χ1) is 31.8. The van der Waals surface area contributed by atoms with E-state index in [1.807, 2.05) is 22.7 Å². The molecule has 0 aliphatic rings. The quantitative estimate of drug-likeness (QED) is 0.155. The van der Waals surface area contributed by atoms with Crippen LogP contribution >= 0.6 is 22.7 Å². The molecule has 3 aromatic heterocycles. The smallest absolute Gasteiger partial charge is 0.0562 e. The van der Waals surface area contributed by atoms with Crippen LogP contribution in [0.3, 0.4) is 0 Å². The molecule has 0 N–H and O–H groups in total. The normalized spacial score (nSPS) is 11.8. The second-order valence-electron chi connectivity index (χ2n) is 16.4. The Kier molecular flexibility index (Phi) is 8.61. The highest BCUT2D eigenvalue weighted by Gasteiger charge is 2.22. The number of hydrogen-bond acceptors (Lipinski definition) is 3. The molecule has 4 heteroatoms. The summed E-state index contributed by atoms with van der Waals surface area (Å²) >= 11 is 3.76. The van der Waals surface area contributed by atoms with Gasteiger partial charge in [-0.25, -0.2) is 0 Å². The van der Waals surface area contributed by atoms with Crippen molar-refractivity contribution in [3.05, 3.63) is 231 Å². The monoisotopic (exact) mass is 850 g/mol. The van der Waals surface area contributed by atoms with Gasteiger partial charge in [0, 0.05) is 84.9 Å². The summed E-state index contributed by atoms with van der Waals surface area (Å²) < 4.78 is 7.74. The molecule has 0 radical (unpaired) electrons. The molecule has 0 saturated carbocycles. The number of benzene rings is 10. The number of anilines is 3. The molecule has 0 amide bonds. The Hall–Kier alpha value is -7.76. The van der Waals surface area contributed by atoms with Crippen LogP contribution < -0.4 is 4.90 Å². The molecule has 0 fully saturated rings. The van der Waals surface area contributed by atoms with Gasteiger partial charge in [0.15, 0.2) is 0 Å². The molecule has 0 saturated heterocycles. The van der Waals surface area contributed by atoms with Crippen LogP contribution in [0.1, 0.15) is 0 Å². The molecule has 3 heterocycles. The Labute approximate surface area is 378 Å². The molecule has 0 bridgehead atoms. The van der Waals surface area contributed by atoms with Gasteiger partial charge in [0.05, 0.1) is 16.7 Å². The third-order valence-electron chi connectivity index (χ3n) is 12.8. The second-order valence-corrected chi connectivity index (χ2v) is 18.5. The first kappa shape index (κ1) is 36.9. The van der Waals surface area contributed by atoms with Gasteiger partial charge in [0.25, 0.3) is 0 Å². The van der Waals surface area contributed by atoms with Crippen LogP contribution in [0.5, 0.6) is 0 Å². The predicted octanol–water partition coefficient (Wildman–Crippen LogP) is 18.0. The van der Waals surface area contributed by atoms with E-state index in [0.29, 0.717) is 0 Å². The second kappa shape index (κ2) is 15.0. The van der Waals surface area contributed by atoms with Crippen molar-refractivity contribution >= 4 is 102 Å². The van der Waals surface area contributed by atoms with Crippen molar-refractivity contribution in [3.8, 4) is 39.1 Å². The summed E-state index contributed by atoms with van der Waals surface area (Å²) in [6.07, 6.45) is 0. The van der Waals surface area contributed by atoms with Crippen molar-refractivity contribution in [3.63, 3.8) is 0 Å². The van der Waals surface area contributed by atoms with E-state index in [4.69, 9.17) is 0 Å². The van der Waals surface area contributed by atoms with Crippen LogP contribution in [-0.2, 0) is 0 Å². The third-order valence-corrected chi connectivity index (χ3v) is 15.2. The number of thiophene rings is 2. The molecule has 13 aromatic rings. The Morgan fingerprint density at radius 2 is 0.812 bits per heavy atom. The van der Waals surface area contributed by atoms with E-state index >= 15 is 0 Å². The maximum absolute atomic E-state index is 2.49. The summed E-state index contributed by atoms with van der Waals surface area (Å²) in [4.78, 5) is 2.42. The highest BCUT2D eigenvalue weighted by atomic mass is 32.1. The van der Waals surface area contributed by atoms with E-state index in [2.05, 4.69) is 240 Å². The summed E-state index contributed by atoms with van der Waals surface area (Å²) in [5.74, 6) is 0. The maximum Gasteiger partial charge on any atom is 0.0562 e. The average Bonchev–Trinajstić information content (AvgIpc) is 4.04. The van der Waals surface area contributed by atoms with E-state index in [-0.39, 0.29) is 0 Å². The predicted molar refractivity (Wildman–Crippen MR) is 278 cm³/mol. The Morgan fingerprint density at radius 3 is 1.53 bits per heavy atom. The van der Waals surface area contributed by atoms with Gasteiger partial charge in [0.1, 0.15) is 0 Å². The summed E-state index contributed by atoms with van der Waals surface area (Å²) in [5.41, 5.74) is 14.1. The fourth-order valence-corrected chi connectivity index (χ4v) is 12.4. The van der Waals surface area contributed by atoms with Gasteiger partial charge in [-0.15, -0.1) is 22.7 Å². The van der Waals surface area contributed by atoms with E-state index in [0.717, 1.165) is 28.3 Å². The number of para-hydroxylation sites is 3. The van der Waals surface area contributed by atoms with Crippen molar-refractivity contribution in [2.45, 2.75) is 0 Å². The van der Waals surface area contributed by atoms with Gasteiger partial charge >= 0.3 is 0 Å². The topological polar surface area (TPSA) is 8.17 Å². The SMILES string of the molecule is c1ccc(-c2cc(N(c3ccccc3)c3ccc4c5ccccc5n(-c5ccccc5-c5cccc6c5sc5ccccc56)c4c3)ccc2-c2cccc3c2sc2ccccc23)cc1. The number of nitrogens with zero attached hydrogens (tertiary/aromatic N) is 2. The zero-order valence-corrected chi connectivity index (χ0v) is 36.3. The minimum absolute atomic E-state index is 1.09. The molecule has 2 nitrogen and oxygen atoms in total. The van der Waals surface area contributed by atoms with Gasteiger partial charge in [-0.05, 0) is 77.4 Å². The fourth-order valence-electron chi connectivity index (χ4n) is 9.96. The molecule has 0 aliphatic carbocycles. The Morgan fingerprint density at radius 1 is 0.297 bits per heavy atom. The molecule has 0 spiro atoms. The first-order valence-corrected chi connectivity index (χ1v) is 23.4. The van der Waals surface area contributed by atoms with E-state index < -0.39 is 0 Å². The summed E-state index contributed by atoms with van der Waals surface area (Å²) in [6, 6.07) is 84.6. The van der Waals surface area contributed by atoms with E-state index in [1.54, 1.807) is 0 Å². The largest absolute Gasteiger partial charge is 0.310 e. The van der Waals surface area contributed by atoms with Gasteiger partial charge in [-0.1, -0.05) is 170 Å². The Balaban J connectivity index is 1.03. The lowest BCUT2D eigenvalue weighted by atomic mass is 9.92. The molecule has 0 atom stereocenters. The molecule has 10 aromatic carbocycles. The van der Waals surface area contributed by atoms with Gasteiger partial charge < -0.3 is 9.47 Å². The van der Waals surface area contributed by atoms with Crippen LogP contribution in [0, 0.1) is 0 Å². The standard InChI is InChI=1S/C60H38N2S2/c1-3-17-39(18-4-1)53-37-41(33-35-43(53)49-25-15-27-51-47-23-9-13-31-57(47)63-59(49)51)61(40-19-5-2-6-20-40)42-34-36-46-44-21-7-11-29-54(44)62(56(46)38-42)55-30-12-8-22-45(55)50-26-16-28-52-48-24-10-14-32-58(48)64-60(50)52/h1-38H. The Bertz CT molecular complexity index is 3910. The van der Waals surface area contributed by atoms with Crippen LogP contribution in [0.4, 0.5) is 17.1 Å². The van der Waals surface area contributed by atoms with Crippen molar-refractivity contribution in [1.82, 2.24) is 4.57 Å². The highest BCUT2D eigenvalue weighted by Crippen LogP contribution is 2.47. The maximum atomic E-state index is 2.49. The molecular weight excluding hydrogens is 813 g/mol. The van der Waals surface area contributed by atoms with E-state index in [9.17, 15) is 0 Å². The first-order valence-electron chi connectivity index (χ1n) is 21.8. The minimum Gasteiger partial charge on any atom is -0.310 e. The highest BCUT2D eigenvalue weighted by molar-refractivity contribution is 7.26. The van der Waals surface area contributed by atoms with Crippen LogP contribution in [0.2, 0.25) is 0 Å². The van der Waals surface area contributed by atoms with Gasteiger partial charge in [-0.3, -0.25) is 0 Å². The van der Waals surface area contributed by atoms with Crippen LogP contribution in [0.15, 0.2) is 231 Å². The van der Waals surface area contributed by atoms with Crippen LogP contribution in [-0.4, -0.2) is 4.57 Å². The lowest BCUT2D eigenvalue weighted by Crippen LogP contribution is -2.10. The minimum atomic E-state index is 1.09. The summed E-state index contributed by atoms with van der Waals surface area (Å²) in [7, 11) is 0. The molecule has 0 unspecified atom stereocenters. The van der Waals surface area contributed by atoms with Gasteiger partial charge in [-0.2, -0.15) is 0 Å². The molecular formula is C60H38N2S2. The van der Waals surface area contributed by atoms with Crippen LogP contribution in [0.25, 0.3) is 101 Å². The molecule has 300 valence electrons. The van der Waals surface area contributed by atoms with Crippen molar-refractivity contribution in [2.75, 3.05) is 4.90 Å². The number of rotatable bonds is 7. The third kappa shape index (κ3) is 5.84. The van der Waals surface area contributed by atoms with Gasteiger partial charge in [0.2, 0.25) is 0 Å². The molecule has 0 aliphatic heterocycles. The lowest BCUT2D eigenvalue weighted by molar-refractivity contribution is 1.18. The van der Waals surface area contributed by atoms with Crippen molar-refractivity contribution in [1.29, 1.82) is 0 Å². The summed E-state index contributed by atoms with van der Waals surface area (Å²) in [5, 5.41) is 7.68. The number of aromatic nitrogens is 1. The van der Waals surface area contributed by atoms with E-state index in [1.165, 1.54) is 90.0 Å². The number of hydrogen-bond donors (Lipinski definition) is 0. The lowest BCUT2D eigenvalue weighted by Gasteiger charge is -2.27. The zero-order chi connectivity index (χ0) is 42.1. The molecule has 64 heavy (non-hydrogen) atoms. The summed E-state index contributed by atoms with van der Waals surface area (Å²) in [6.45, 7) is 0. The number of fused-ring (bicyclic) bond motifs is 9. The average molecular weight is 851 g/mol. The zero-order valence-electron chi connectivity index (χ0n) is 34.7. The molecule has 13 rings (SSSR count).